The highest BCUT2D eigenvalue weighted by molar-refractivity contribution is 7.90. The highest BCUT2D eigenvalue weighted by Crippen LogP contribution is 2.26. The van der Waals surface area contributed by atoms with Crippen molar-refractivity contribution in [2.75, 3.05) is 6.26 Å². The molecule has 0 N–H and O–H groups in total. The van der Waals surface area contributed by atoms with E-state index >= 15 is 0 Å². The van der Waals surface area contributed by atoms with Crippen molar-refractivity contribution < 1.29 is 12.9 Å². The Kier molecular flexibility index (Phi) is 4.20. The summed E-state index contributed by atoms with van der Waals surface area (Å²) in [5.74, 6) is 0.360. The topological polar surface area (TPSA) is 86.0 Å². The standard InChI is InChI=1S/C16H15N3O3S/c1-23(20,21)14(11-12-7-3-2-4-8-12)16-18-15(19-22-16)13-9-5-6-10-17-13/h2-10,14H,11H2,1H3. The summed E-state index contributed by atoms with van der Waals surface area (Å²) in [5.41, 5.74) is 1.43. The molecule has 7 heteroatoms. The molecule has 0 spiro atoms. The first kappa shape index (κ1) is 15.4. The van der Waals surface area contributed by atoms with Gasteiger partial charge in [0.25, 0.3) is 0 Å². The molecular formula is C16H15N3O3S. The lowest BCUT2D eigenvalue weighted by atomic mass is 10.1. The van der Waals surface area contributed by atoms with Gasteiger partial charge in [0.2, 0.25) is 11.7 Å². The average molecular weight is 329 g/mol. The van der Waals surface area contributed by atoms with Gasteiger partial charge < -0.3 is 4.52 Å². The lowest BCUT2D eigenvalue weighted by Gasteiger charge is -2.10. The second kappa shape index (κ2) is 6.29. The van der Waals surface area contributed by atoms with E-state index in [-0.39, 0.29) is 18.1 Å². The molecule has 0 saturated carbocycles. The van der Waals surface area contributed by atoms with Crippen molar-refractivity contribution >= 4 is 9.84 Å². The minimum Gasteiger partial charge on any atom is -0.337 e. The van der Waals surface area contributed by atoms with Crippen LogP contribution in [0.2, 0.25) is 0 Å². The third kappa shape index (κ3) is 3.62. The van der Waals surface area contributed by atoms with Gasteiger partial charge >= 0.3 is 0 Å². The normalized spacial score (nSPS) is 12.9. The summed E-state index contributed by atoms with van der Waals surface area (Å²) in [6, 6.07) is 14.7. The van der Waals surface area contributed by atoms with Gasteiger partial charge in [-0.15, -0.1) is 0 Å². The van der Waals surface area contributed by atoms with E-state index in [1.807, 2.05) is 30.3 Å². The van der Waals surface area contributed by atoms with Gasteiger partial charge in [-0.1, -0.05) is 41.6 Å². The minimum atomic E-state index is -3.40. The number of benzene rings is 1. The average Bonchev–Trinajstić information content (AvgIpc) is 3.03. The van der Waals surface area contributed by atoms with Crippen LogP contribution >= 0.6 is 0 Å². The molecule has 3 rings (SSSR count). The molecule has 2 aromatic heterocycles. The summed E-state index contributed by atoms with van der Waals surface area (Å²) in [4.78, 5) is 8.36. The molecule has 118 valence electrons. The first-order chi connectivity index (χ1) is 11.0. The fourth-order valence-electron chi connectivity index (χ4n) is 2.22. The van der Waals surface area contributed by atoms with Crippen LogP contribution in [0.3, 0.4) is 0 Å². The number of hydrogen-bond donors (Lipinski definition) is 0. The zero-order valence-electron chi connectivity index (χ0n) is 12.5. The highest BCUT2D eigenvalue weighted by Gasteiger charge is 2.29. The summed E-state index contributed by atoms with van der Waals surface area (Å²) >= 11 is 0. The molecule has 0 fully saturated rings. The monoisotopic (exact) mass is 329 g/mol. The number of sulfone groups is 1. The molecule has 0 bridgehead atoms. The Morgan fingerprint density at radius 3 is 2.48 bits per heavy atom. The Morgan fingerprint density at radius 1 is 1.09 bits per heavy atom. The van der Waals surface area contributed by atoms with Gasteiger partial charge in [-0.05, 0) is 24.1 Å². The van der Waals surface area contributed by atoms with Gasteiger partial charge in [-0.25, -0.2) is 8.42 Å². The van der Waals surface area contributed by atoms with Gasteiger partial charge in [0.15, 0.2) is 9.84 Å². The van der Waals surface area contributed by atoms with Crippen molar-refractivity contribution in [1.82, 2.24) is 15.1 Å². The number of nitrogens with zero attached hydrogens (tertiary/aromatic N) is 3. The maximum absolute atomic E-state index is 12.1. The van der Waals surface area contributed by atoms with Gasteiger partial charge in [0.05, 0.1) is 0 Å². The van der Waals surface area contributed by atoms with Crippen LogP contribution in [-0.4, -0.2) is 29.8 Å². The molecule has 3 aromatic rings. The van der Waals surface area contributed by atoms with Crippen molar-refractivity contribution in [3.05, 3.63) is 66.2 Å². The zero-order chi connectivity index (χ0) is 16.3. The summed E-state index contributed by atoms with van der Waals surface area (Å²) < 4.78 is 29.5. The minimum absolute atomic E-state index is 0.0806. The number of pyridine rings is 1. The Bertz CT molecular complexity index is 877. The fourth-order valence-corrected chi connectivity index (χ4v) is 3.17. The summed E-state index contributed by atoms with van der Waals surface area (Å²) in [6.07, 6.45) is 3.07. The summed E-state index contributed by atoms with van der Waals surface area (Å²) in [7, 11) is -3.40. The Hall–Kier alpha value is -2.54. The second-order valence-corrected chi connectivity index (χ2v) is 7.41. The third-order valence-corrected chi connectivity index (χ3v) is 4.79. The number of hydrogen-bond acceptors (Lipinski definition) is 6. The second-order valence-electron chi connectivity index (χ2n) is 5.18. The van der Waals surface area contributed by atoms with Crippen molar-refractivity contribution in [3.63, 3.8) is 0 Å². The maximum Gasteiger partial charge on any atom is 0.245 e. The quantitative estimate of drug-likeness (QED) is 0.715. The third-order valence-electron chi connectivity index (χ3n) is 3.39. The first-order valence-corrected chi connectivity index (χ1v) is 8.97. The SMILES string of the molecule is CS(=O)(=O)C(Cc1ccccc1)c1nc(-c2ccccn2)no1. The van der Waals surface area contributed by atoms with Crippen LogP contribution in [0.25, 0.3) is 11.5 Å². The van der Waals surface area contributed by atoms with Crippen LogP contribution in [0.5, 0.6) is 0 Å². The van der Waals surface area contributed by atoms with E-state index in [9.17, 15) is 8.42 Å². The molecule has 0 saturated heterocycles. The molecule has 0 aliphatic heterocycles. The lowest BCUT2D eigenvalue weighted by molar-refractivity contribution is 0.372. The van der Waals surface area contributed by atoms with E-state index in [1.54, 1.807) is 24.4 Å². The summed E-state index contributed by atoms with van der Waals surface area (Å²) in [6.45, 7) is 0. The number of rotatable bonds is 5. The smallest absolute Gasteiger partial charge is 0.245 e. The van der Waals surface area contributed by atoms with Crippen LogP contribution in [-0.2, 0) is 16.3 Å². The van der Waals surface area contributed by atoms with E-state index in [0.29, 0.717) is 5.69 Å². The molecule has 0 amide bonds. The van der Waals surface area contributed by atoms with Gasteiger partial charge in [0.1, 0.15) is 10.9 Å². The maximum atomic E-state index is 12.1. The molecule has 0 radical (unpaired) electrons. The fraction of sp³-hybridized carbons (Fsp3) is 0.188. The number of aromatic nitrogens is 3. The molecule has 23 heavy (non-hydrogen) atoms. The summed E-state index contributed by atoms with van der Waals surface area (Å²) in [5, 5.41) is 2.97. The molecule has 6 nitrogen and oxygen atoms in total. The van der Waals surface area contributed by atoms with Crippen LogP contribution in [0.15, 0.2) is 59.3 Å². The van der Waals surface area contributed by atoms with E-state index in [0.717, 1.165) is 5.56 Å². The van der Waals surface area contributed by atoms with Crippen LogP contribution in [0.1, 0.15) is 16.7 Å². The van der Waals surface area contributed by atoms with Crippen LogP contribution < -0.4 is 0 Å². The van der Waals surface area contributed by atoms with Crippen molar-refractivity contribution in [1.29, 1.82) is 0 Å². The lowest BCUT2D eigenvalue weighted by Crippen LogP contribution is -2.14. The molecule has 1 aromatic carbocycles. The Morgan fingerprint density at radius 2 is 1.83 bits per heavy atom. The molecule has 1 atom stereocenters. The van der Waals surface area contributed by atoms with E-state index in [1.165, 1.54) is 6.26 Å². The predicted octanol–water partition coefficient (Wildman–Crippen LogP) is 2.46. The van der Waals surface area contributed by atoms with Crippen molar-refractivity contribution in [3.8, 4) is 11.5 Å². The van der Waals surface area contributed by atoms with Gasteiger partial charge in [0, 0.05) is 12.5 Å². The molecule has 0 aliphatic rings. The Labute approximate surface area is 134 Å². The molecular weight excluding hydrogens is 314 g/mol. The molecule has 1 unspecified atom stereocenters. The molecule has 0 aliphatic carbocycles. The predicted molar refractivity (Wildman–Crippen MR) is 85.3 cm³/mol. The van der Waals surface area contributed by atoms with Gasteiger partial charge in [-0.2, -0.15) is 4.98 Å². The van der Waals surface area contributed by atoms with Crippen molar-refractivity contribution in [2.24, 2.45) is 0 Å². The van der Waals surface area contributed by atoms with E-state index < -0.39 is 15.1 Å². The van der Waals surface area contributed by atoms with Crippen LogP contribution in [0, 0.1) is 0 Å². The zero-order valence-corrected chi connectivity index (χ0v) is 13.3. The first-order valence-electron chi connectivity index (χ1n) is 7.02. The molecule has 2 heterocycles. The van der Waals surface area contributed by atoms with E-state index in [4.69, 9.17) is 4.52 Å². The highest BCUT2D eigenvalue weighted by atomic mass is 32.2. The largest absolute Gasteiger partial charge is 0.337 e. The van der Waals surface area contributed by atoms with Crippen molar-refractivity contribution in [2.45, 2.75) is 11.7 Å². The van der Waals surface area contributed by atoms with Gasteiger partial charge in [-0.3, -0.25) is 4.98 Å². The van der Waals surface area contributed by atoms with Crippen LogP contribution in [0.4, 0.5) is 0 Å². The Balaban J connectivity index is 1.94. The van der Waals surface area contributed by atoms with E-state index in [2.05, 4.69) is 15.1 Å².